The summed E-state index contributed by atoms with van der Waals surface area (Å²) in [6, 6.07) is 0. The van der Waals surface area contributed by atoms with Crippen molar-refractivity contribution >= 4 is 22.8 Å². The van der Waals surface area contributed by atoms with E-state index in [1.54, 1.807) is 13.8 Å². The Balaban J connectivity index is 4.44. The Morgan fingerprint density at radius 1 is 1.25 bits per heavy atom. The third kappa shape index (κ3) is 5.80. The lowest BCUT2D eigenvalue weighted by Gasteiger charge is -2.13. The molecular formula is C11H18O4S. The van der Waals surface area contributed by atoms with Crippen molar-refractivity contribution in [2.45, 2.75) is 19.1 Å². The van der Waals surface area contributed by atoms with Gasteiger partial charge in [-0.3, -0.25) is 4.79 Å². The molecule has 0 saturated heterocycles. The normalized spacial score (nSPS) is 12.8. The molecule has 1 atom stereocenters. The van der Waals surface area contributed by atoms with Gasteiger partial charge in [-0.05, 0) is 24.7 Å². The first-order chi connectivity index (χ1) is 7.52. The zero-order valence-corrected chi connectivity index (χ0v) is 10.9. The molecule has 0 radical (unpaired) electrons. The number of carbonyl (C=O) groups is 2. The molecule has 5 heteroatoms. The standard InChI is InChI=1S/C11H18O4S/c1-5-14-10(12)8-7-9(16(3)4)11(13)15-6-2/h7,9H,5-6H2,1-4H3. The van der Waals surface area contributed by atoms with E-state index in [9.17, 15) is 9.59 Å². The predicted molar refractivity (Wildman–Crippen MR) is 64.1 cm³/mol. The third-order valence-corrected chi connectivity index (χ3v) is 3.00. The van der Waals surface area contributed by atoms with Gasteiger partial charge in [-0.25, -0.2) is 4.79 Å². The fourth-order valence-corrected chi connectivity index (χ4v) is 1.73. The quantitative estimate of drug-likeness (QED) is 0.300. The lowest BCUT2D eigenvalue weighted by atomic mass is 10.3. The molecule has 1 unspecified atom stereocenters. The van der Waals surface area contributed by atoms with Gasteiger partial charge in [-0.2, -0.15) is 6.08 Å². The summed E-state index contributed by atoms with van der Waals surface area (Å²) < 4.78 is 9.58. The topological polar surface area (TPSA) is 52.6 Å². The van der Waals surface area contributed by atoms with E-state index in [-0.39, 0.29) is 16.9 Å². The first-order valence-electron chi connectivity index (χ1n) is 5.02. The minimum absolute atomic E-state index is 0.206. The minimum atomic E-state index is -0.553. The highest BCUT2D eigenvalue weighted by molar-refractivity contribution is 7.97. The highest BCUT2D eigenvalue weighted by Crippen LogP contribution is 2.05. The third-order valence-electron chi connectivity index (χ3n) is 1.65. The lowest BCUT2D eigenvalue weighted by molar-refractivity contribution is -0.141. The van der Waals surface area contributed by atoms with Crippen LogP contribution in [-0.4, -0.2) is 42.9 Å². The Morgan fingerprint density at radius 2 is 1.81 bits per heavy atom. The fraction of sp³-hybridized carbons (Fsp3) is 0.636. The minimum Gasteiger partial charge on any atom is -0.490 e. The van der Waals surface area contributed by atoms with E-state index >= 15 is 0 Å². The van der Waals surface area contributed by atoms with Crippen LogP contribution in [0.4, 0.5) is 0 Å². The van der Waals surface area contributed by atoms with Gasteiger partial charge in [0.15, 0.2) is 0 Å². The average Bonchev–Trinajstić information content (AvgIpc) is 2.18. The van der Waals surface area contributed by atoms with Gasteiger partial charge in [0.1, 0.15) is 5.97 Å². The van der Waals surface area contributed by atoms with E-state index < -0.39 is 11.2 Å². The second kappa shape index (κ2) is 8.21. The van der Waals surface area contributed by atoms with Crippen LogP contribution in [0, 0.1) is 6.08 Å². The van der Waals surface area contributed by atoms with Crippen molar-refractivity contribution in [3.8, 4) is 0 Å². The molecule has 0 aliphatic rings. The lowest BCUT2D eigenvalue weighted by Crippen LogP contribution is -2.29. The van der Waals surface area contributed by atoms with Crippen molar-refractivity contribution in [1.29, 1.82) is 0 Å². The van der Waals surface area contributed by atoms with Gasteiger partial charge in [-0.15, -0.1) is 0 Å². The highest BCUT2D eigenvalue weighted by atomic mass is 32.2. The van der Waals surface area contributed by atoms with Crippen LogP contribution >= 0.6 is 0 Å². The maximum Gasteiger partial charge on any atom is 0.360 e. The van der Waals surface area contributed by atoms with Crippen molar-refractivity contribution in [1.82, 2.24) is 0 Å². The molecule has 0 bridgehead atoms. The van der Waals surface area contributed by atoms with Gasteiger partial charge >= 0.3 is 5.97 Å². The maximum absolute atomic E-state index is 11.5. The second-order valence-corrected chi connectivity index (χ2v) is 5.35. The highest BCUT2D eigenvalue weighted by Gasteiger charge is 2.25. The molecule has 0 N–H and O–H groups in total. The first-order valence-corrected chi connectivity index (χ1v) is 7.13. The number of esters is 2. The van der Waals surface area contributed by atoms with Crippen LogP contribution in [0.25, 0.3) is 0 Å². The Morgan fingerprint density at radius 3 is 2.25 bits per heavy atom. The van der Waals surface area contributed by atoms with E-state index in [2.05, 4.69) is 10.8 Å². The summed E-state index contributed by atoms with van der Waals surface area (Å²) in [4.78, 5) is 22.6. The zero-order valence-electron chi connectivity index (χ0n) is 10.1. The van der Waals surface area contributed by atoms with Crippen LogP contribution < -0.4 is 0 Å². The number of carbonyl (C=O) groups excluding carboxylic acids is 2. The molecule has 0 aliphatic carbocycles. The average molecular weight is 246 g/mol. The van der Waals surface area contributed by atoms with Gasteiger partial charge in [0.25, 0.3) is 0 Å². The summed E-state index contributed by atoms with van der Waals surface area (Å²) >= 11 is 0. The number of ether oxygens (including phenoxy) is 2. The van der Waals surface area contributed by atoms with E-state index in [1.807, 2.05) is 12.5 Å². The molecule has 0 amide bonds. The summed E-state index contributed by atoms with van der Waals surface area (Å²) in [6.45, 7) is 4.09. The molecule has 0 aromatic carbocycles. The van der Waals surface area contributed by atoms with Crippen molar-refractivity contribution in [2.75, 3.05) is 25.7 Å². The van der Waals surface area contributed by atoms with Gasteiger partial charge in [-0.1, -0.05) is 0 Å². The Hall–Kier alpha value is -0.970. The van der Waals surface area contributed by atoms with Crippen molar-refractivity contribution in [2.24, 2.45) is 0 Å². The SMILES string of the molecule is CCOC(=O)[C-]=CC(C(=O)OCC)[S+](C)C. The smallest absolute Gasteiger partial charge is 0.360 e. The molecule has 0 rings (SSSR count). The van der Waals surface area contributed by atoms with Crippen LogP contribution in [0.5, 0.6) is 0 Å². The van der Waals surface area contributed by atoms with Crippen LogP contribution in [-0.2, 0) is 30.0 Å². The number of hydrogen-bond acceptors (Lipinski definition) is 4. The zero-order chi connectivity index (χ0) is 12.6. The molecule has 4 nitrogen and oxygen atoms in total. The molecule has 16 heavy (non-hydrogen) atoms. The molecule has 0 spiro atoms. The molecule has 92 valence electrons. The maximum atomic E-state index is 11.5. The van der Waals surface area contributed by atoms with Crippen molar-refractivity contribution < 1.29 is 19.1 Å². The van der Waals surface area contributed by atoms with Crippen LogP contribution in [0.15, 0.2) is 6.08 Å². The summed E-state index contributed by atoms with van der Waals surface area (Å²) in [5.74, 6) is -0.880. The molecule has 0 heterocycles. The predicted octanol–water partition coefficient (Wildman–Crippen LogP) is 0.718. The van der Waals surface area contributed by atoms with Gasteiger partial charge in [0, 0.05) is 0 Å². The van der Waals surface area contributed by atoms with E-state index in [4.69, 9.17) is 4.74 Å². The Bertz CT molecular complexity index is 261. The van der Waals surface area contributed by atoms with Crippen molar-refractivity contribution in [3.05, 3.63) is 12.2 Å². The van der Waals surface area contributed by atoms with E-state index in [0.29, 0.717) is 13.2 Å². The summed E-state index contributed by atoms with van der Waals surface area (Å²) in [5.41, 5.74) is 0. The van der Waals surface area contributed by atoms with E-state index in [1.165, 1.54) is 6.08 Å². The van der Waals surface area contributed by atoms with Crippen molar-refractivity contribution in [3.63, 3.8) is 0 Å². The van der Waals surface area contributed by atoms with Gasteiger partial charge < -0.3 is 15.5 Å². The second-order valence-electron chi connectivity index (χ2n) is 3.08. The number of rotatable bonds is 6. The summed E-state index contributed by atoms with van der Waals surface area (Å²) in [5, 5.41) is -0.427. The van der Waals surface area contributed by atoms with E-state index in [0.717, 1.165) is 0 Å². The fourth-order valence-electron chi connectivity index (χ4n) is 0.937. The molecule has 0 aromatic heterocycles. The van der Waals surface area contributed by atoms with Gasteiger partial charge in [0.05, 0.1) is 25.7 Å². The summed E-state index contributed by atoms with van der Waals surface area (Å²) in [7, 11) is -0.206. The van der Waals surface area contributed by atoms with Gasteiger partial charge in [0.2, 0.25) is 5.25 Å². The molecule has 0 fully saturated rings. The largest absolute Gasteiger partial charge is 0.490 e. The Kier molecular flexibility index (Phi) is 7.72. The molecule has 0 aliphatic heterocycles. The number of hydrogen-bond donors (Lipinski definition) is 0. The molecule has 0 aromatic rings. The molecular weight excluding hydrogens is 228 g/mol. The van der Waals surface area contributed by atoms with Crippen LogP contribution in [0.3, 0.4) is 0 Å². The van der Waals surface area contributed by atoms with Crippen LogP contribution in [0.1, 0.15) is 13.8 Å². The molecule has 0 saturated carbocycles. The van der Waals surface area contributed by atoms with Crippen LogP contribution in [0.2, 0.25) is 0 Å². The first kappa shape index (κ1) is 15.0. The Labute approximate surface area is 99.3 Å². The summed E-state index contributed by atoms with van der Waals surface area (Å²) in [6.07, 6.45) is 7.67. The monoisotopic (exact) mass is 246 g/mol.